The van der Waals surface area contributed by atoms with Crippen LogP contribution in [0.25, 0.3) is 0 Å². The maximum atomic E-state index is 12.5. The van der Waals surface area contributed by atoms with E-state index in [4.69, 9.17) is 9.47 Å². The van der Waals surface area contributed by atoms with E-state index in [1.165, 1.54) is 7.11 Å². The van der Waals surface area contributed by atoms with Crippen LogP contribution < -0.4 is 10.6 Å². The SMILES string of the molecule is CNC(=O)N1CC(C(=O)OC)C2C1CCN2C(O)C(NC(=O)OC(C)(C)C)C(C)(C)C. The van der Waals surface area contributed by atoms with Gasteiger partial charge < -0.3 is 30.1 Å². The van der Waals surface area contributed by atoms with E-state index in [2.05, 4.69) is 10.6 Å². The first kappa shape index (κ1) is 25.2. The molecular weight excluding hydrogens is 404 g/mol. The van der Waals surface area contributed by atoms with Crippen molar-refractivity contribution < 1.29 is 29.0 Å². The Morgan fingerprint density at radius 1 is 1.13 bits per heavy atom. The van der Waals surface area contributed by atoms with Crippen molar-refractivity contribution in [1.29, 1.82) is 0 Å². The van der Waals surface area contributed by atoms with Crippen molar-refractivity contribution in [2.75, 3.05) is 27.2 Å². The van der Waals surface area contributed by atoms with E-state index in [1.54, 1.807) is 32.7 Å². The third kappa shape index (κ3) is 5.60. The molecule has 0 aliphatic carbocycles. The lowest BCUT2D eigenvalue weighted by atomic mass is 9.84. The number of fused-ring (bicyclic) bond motifs is 1. The number of alkyl carbamates (subject to hydrolysis) is 1. The number of hydrogen-bond donors (Lipinski definition) is 3. The fourth-order valence-electron chi connectivity index (χ4n) is 4.53. The number of hydrogen-bond acceptors (Lipinski definition) is 7. The molecule has 10 nitrogen and oxygen atoms in total. The predicted octanol–water partition coefficient (Wildman–Crippen LogP) is 1.13. The minimum absolute atomic E-state index is 0.213. The molecule has 0 aromatic rings. The first-order chi connectivity index (χ1) is 14.2. The number of nitrogens with one attached hydrogen (secondary N) is 2. The minimum atomic E-state index is -1.08. The summed E-state index contributed by atoms with van der Waals surface area (Å²) in [7, 11) is 2.86. The van der Waals surface area contributed by atoms with Crippen LogP contribution in [-0.2, 0) is 14.3 Å². The molecule has 31 heavy (non-hydrogen) atoms. The molecule has 5 unspecified atom stereocenters. The summed E-state index contributed by atoms with van der Waals surface area (Å²) in [5.74, 6) is -1.01. The van der Waals surface area contributed by atoms with Gasteiger partial charge >= 0.3 is 18.1 Å². The Balaban J connectivity index is 2.30. The first-order valence-corrected chi connectivity index (χ1v) is 10.7. The Kier molecular flexibility index (Phi) is 7.47. The number of esters is 1. The molecule has 10 heteroatoms. The van der Waals surface area contributed by atoms with E-state index in [0.717, 1.165) is 0 Å². The Morgan fingerprint density at radius 3 is 2.23 bits per heavy atom. The molecule has 3 amide bonds. The van der Waals surface area contributed by atoms with Gasteiger partial charge in [-0.1, -0.05) is 20.8 Å². The topological polar surface area (TPSA) is 120 Å². The standard InChI is InChI=1S/C21H38N4O6/c1-20(2,3)15(23-19(29)31-21(4,5)6)16(26)24-10-9-13-14(24)12(17(27)30-8)11-25(13)18(28)22-7/h12-16,26H,9-11H2,1-8H3,(H,22,28)(H,23,29). The van der Waals surface area contributed by atoms with Crippen LogP contribution in [0.1, 0.15) is 48.0 Å². The molecule has 0 aromatic carbocycles. The number of urea groups is 1. The Labute approximate surface area is 184 Å². The third-order valence-corrected chi connectivity index (χ3v) is 5.89. The third-order valence-electron chi connectivity index (χ3n) is 5.89. The molecule has 0 radical (unpaired) electrons. The summed E-state index contributed by atoms with van der Waals surface area (Å²) in [6.45, 7) is 11.7. The lowest BCUT2D eigenvalue weighted by Gasteiger charge is -2.41. The van der Waals surface area contributed by atoms with Crippen LogP contribution in [0.3, 0.4) is 0 Å². The highest BCUT2D eigenvalue weighted by Gasteiger charge is 2.56. The van der Waals surface area contributed by atoms with Crippen LogP contribution in [0.15, 0.2) is 0 Å². The number of methoxy groups -OCH3 is 1. The molecule has 2 aliphatic heterocycles. The maximum absolute atomic E-state index is 12.5. The molecular formula is C21H38N4O6. The zero-order chi connectivity index (χ0) is 23.7. The number of ether oxygens (including phenoxy) is 2. The van der Waals surface area contributed by atoms with E-state index < -0.39 is 47.3 Å². The molecule has 0 aromatic heterocycles. The van der Waals surface area contributed by atoms with Gasteiger partial charge in [-0.15, -0.1) is 0 Å². The van der Waals surface area contributed by atoms with Gasteiger partial charge in [0.15, 0.2) is 0 Å². The van der Waals surface area contributed by atoms with Crippen LogP contribution >= 0.6 is 0 Å². The molecule has 2 heterocycles. The molecule has 0 saturated carbocycles. The molecule has 3 N–H and O–H groups in total. The lowest BCUT2D eigenvalue weighted by Crippen LogP contribution is -2.60. The van der Waals surface area contributed by atoms with Gasteiger partial charge in [-0.2, -0.15) is 0 Å². The normalized spacial score (nSPS) is 26.1. The van der Waals surface area contributed by atoms with Gasteiger partial charge in [0.05, 0.1) is 25.1 Å². The fourth-order valence-corrected chi connectivity index (χ4v) is 4.53. The van der Waals surface area contributed by atoms with E-state index >= 15 is 0 Å². The van der Waals surface area contributed by atoms with E-state index in [0.29, 0.717) is 13.0 Å². The number of likely N-dealkylation sites (tertiary alicyclic amines) is 2. The second-order valence-electron chi connectivity index (χ2n) is 10.3. The van der Waals surface area contributed by atoms with Crippen LogP contribution in [-0.4, -0.2) is 90.2 Å². The monoisotopic (exact) mass is 442 g/mol. The van der Waals surface area contributed by atoms with Crippen LogP contribution in [0, 0.1) is 11.3 Å². The Bertz CT molecular complexity index is 686. The van der Waals surface area contributed by atoms with Crippen molar-refractivity contribution >= 4 is 18.1 Å². The molecule has 2 saturated heterocycles. The van der Waals surface area contributed by atoms with Gasteiger partial charge in [0.1, 0.15) is 11.8 Å². The fraction of sp³-hybridized carbons (Fsp3) is 0.857. The van der Waals surface area contributed by atoms with Crippen LogP contribution in [0.4, 0.5) is 9.59 Å². The van der Waals surface area contributed by atoms with Crippen LogP contribution in [0.5, 0.6) is 0 Å². The number of carbonyl (C=O) groups excluding carboxylic acids is 3. The molecule has 2 fully saturated rings. The molecule has 2 aliphatic rings. The second kappa shape index (κ2) is 9.20. The van der Waals surface area contributed by atoms with Crippen molar-refractivity contribution in [2.24, 2.45) is 11.3 Å². The largest absolute Gasteiger partial charge is 0.469 e. The number of amides is 3. The Hall–Kier alpha value is -2.07. The highest BCUT2D eigenvalue weighted by Crippen LogP contribution is 2.39. The summed E-state index contributed by atoms with van der Waals surface area (Å²) in [6.07, 6.45) is -1.10. The van der Waals surface area contributed by atoms with Crippen LogP contribution in [0.2, 0.25) is 0 Å². The van der Waals surface area contributed by atoms with Crippen molar-refractivity contribution in [2.45, 2.75) is 77.9 Å². The van der Waals surface area contributed by atoms with E-state index in [1.807, 2.05) is 25.7 Å². The van der Waals surface area contributed by atoms with Gasteiger partial charge in [0, 0.05) is 26.2 Å². The number of aliphatic hydroxyl groups excluding tert-OH is 1. The molecule has 2 rings (SSSR count). The summed E-state index contributed by atoms with van der Waals surface area (Å²) < 4.78 is 10.4. The van der Waals surface area contributed by atoms with E-state index in [9.17, 15) is 19.5 Å². The molecule has 0 bridgehead atoms. The predicted molar refractivity (Wildman–Crippen MR) is 114 cm³/mol. The minimum Gasteiger partial charge on any atom is -0.469 e. The first-order valence-electron chi connectivity index (χ1n) is 10.7. The zero-order valence-electron chi connectivity index (χ0n) is 19.9. The van der Waals surface area contributed by atoms with Gasteiger partial charge in [-0.25, -0.2) is 9.59 Å². The number of aliphatic hydroxyl groups is 1. The molecule has 178 valence electrons. The highest BCUT2D eigenvalue weighted by atomic mass is 16.6. The van der Waals surface area contributed by atoms with Gasteiger partial charge in [-0.05, 0) is 32.6 Å². The number of carbonyl (C=O) groups is 3. The summed E-state index contributed by atoms with van der Waals surface area (Å²) in [5, 5.41) is 16.8. The summed E-state index contributed by atoms with van der Waals surface area (Å²) in [4.78, 5) is 40.8. The van der Waals surface area contributed by atoms with Crippen molar-refractivity contribution in [1.82, 2.24) is 20.4 Å². The van der Waals surface area contributed by atoms with E-state index in [-0.39, 0.29) is 18.6 Å². The second-order valence-corrected chi connectivity index (χ2v) is 10.3. The van der Waals surface area contributed by atoms with Gasteiger partial charge in [0.25, 0.3) is 0 Å². The summed E-state index contributed by atoms with van der Waals surface area (Å²) in [6, 6.07) is -1.59. The number of rotatable bonds is 4. The zero-order valence-corrected chi connectivity index (χ0v) is 19.9. The van der Waals surface area contributed by atoms with Crippen molar-refractivity contribution in [3.63, 3.8) is 0 Å². The summed E-state index contributed by atoms with van der Waals surface area (Å²) in [5.41, 5.74) is -1.18. The van der Waals surface area contributed by atoms with Crippen molar-refractivity contribution in [3.8, 4) is 0 Å². The maximum Gasteiger partial charge on any atom is 0.408 e. The lowest BCUT2D eigenvalue weighted by molar-refractivity contribution is -0.148. The average Bonchev–Trinajstić information content (AvgIpc) is 3.22. The number of nitrogens with zero attached hydrogens (tertiary/aromatic N) is 2. The highest BCUT2D eigenvalue weighted by molar-refractivity contribution is 5.79. The van der Waals surface area contributed by atoms with Gasteiger partial charge in [0.2, 0.25) is 0 Å². The van der Waals surface area contributed by atoms with Gasteiger partial charge in [-0.3, -0.25) is 9.69 Å². The smallest absolute Gasteiger partial charge is 0.408 e. The Morgan fingerprint density at radius 2 is 1.74 bits per heavy atom. The average molecular weight is 443 g/mol. The molecule has 0 spiro atoms. The van der Waals surface area contributed by atoms with Crippen molar-refractivity contribution in [3.05, 3.63) is 0 Å². The summed E-state index contributed by atoms with van der Waals surface area (Å²) >= 11 is 0. The quantitative estimate of drug-likeness (QED) is 0.558. The molecule has 5 atom stereocenters.